The Kier molecular flexibility index (Phi) is 4.87. The molecule has 1 aliphatic rings. The van der Waals surface area contributed by atoms with Crippen molar-refractivity contribution in [2.75, 3.05) is 31.1 Å². The van der Waals surface area contributed by atoms with Crippen molar-refractivity contribution in [2.45, 2.75) is 13.3 Å². The van der Waals surface area contributed by atoms with Gasteiger partial charge in [0.05, 0.1) is 0 Å². The minimum atomic E-state index is 0.0657. The van der Waals surface area contributed by atoms with E-state index in [2.05, 4.69) is 36.1 Å². The van der Waals surface area contributed by atoms with Crippen LogP contribution in [0.1, 0.15) is 22.8 Å². The van der Waals surface area contributed by atoms with Gasteiger partial charge in [0.2, 0.25) is 0 Å². The fraction of sp³-hybridized carbons (Fsp3) is 0.316. The molecule has 120 valence electrons. The molecule has 3 nitrogen and oxygen atoms in total. The largest absolute Gasteiger partial charge is 0.368 e. The smallest absolute Gasteiger partial charge is 0.254 e. The van der Waals surface area contributed by atoms with Gasteiger partial charge < -0.3 is 9.80 Å². The number of carbonyl (C=O) groups is 1. The Bertz CT molecular complexity index is 693. The van der Waals surface area contributed by atoms with Crippen LogP contribution >= 0.6 is 11.6 Å². The quantitative estimate of drug-likeness (QED) is 0.854. The summed E-state index contributed by atoms with van der Waals surface area (Å²) in [7, 11) is 0. The minimum absolute atomic E-state index is 0.0657. The first-order chi connectivity index (χ1) is 11.2. The van der Waals surface area contributed by atoms with Gasteiger partial charge in [0.15, 0.2) is 0 Å². The highest BCUT2D eigenvalue weighted by molar-refractivity contribution is 6.30. The molecule has 1 aliphatic heterocycles. The molecule has 3 rings (SSSR count). The van der Waals surface area contributed by atoms with Crippen molar-refractivity contribution < 1.29 is 4.79 Å². The van der Waals surface area contributed by atoms with Crippen LogP contribution in [0.25, 0.3) is 0 Å². The average molecular weight is 329 g/mol. The lowest BCUT2D eigenvalue weighted by molar-refractivity contribution is 0.0747. The van der Waals surface area contributed by atoms with Gasteiger partial charge in [-0.3, -0.25) is 4.79 Å². The lowest BCUT2D eigenvalue weighted by atomic mass is 10.1. The Hall–Kier alpha value is -2.00. The molecule has 0 bridgehead atoms. The standard InChI is InChI=1S/C19H21ClN2O/c1-2-15-6-3-4-9-18(15)21-10-12-22(13-11-21)19(23)16-7-5-8-17(20)14-16/h3-9,14H,2,10-13H2,1H3. The van der Waals surface area contributed by atoms with E-state index in [4.69, 9.17) is 11.6 Å². The van der Waals surface area contributed by atoms with Crippen LogP contribution < -0.4 is 4.90 Å². The molecule has 0 N–H and O–H groups in total. The molecule has 0 aromatic heterocycles. The number of anilines is 1. The van der Waals surface area contributed by atoms with E-state index in [0.717, 1.165) is 32.6 Å². The van der Waals surface area contributed by atoms with Gasteiger partial charge in [-0.05, 0) is 36.2 Å². The van der Waals surface area contributed by atoms with Gasteiger partial charge in [-0.25, -0.2) is 0 Å². The molecule has 2 aromatic rings. The predicted octanol–water partition coefficient (Wildman–Crippen LogP) is 3.86. The SMILES string of the molecule is CCc1ccccc1N1CCN(C(=O)c2cccc(Cl)c2)CC1. The molecule has 1 amide bonds. The molecule has 0 unspecified atom stereocenters. The van der Waals surface area contributed by atoms with E-state index in [-0.39, 0.29) is 5.91 Å². The number of piperazine rings is 1. The highest BCUT2D eigenvalue weighted by Gasteiger charge is 2.23. The van der Waals surface area contributed by atoms with Gasteiger partial charge in [0.25, 0.3) is 5.91 Å². The molecule has 0 radical (unpaired) electrons. The molecular weight excluding hydrogens is 308 g/mol. The zero-order valence-corrected chi connectivity index (χ0v) is 14.1. The Morgan fingerprint density at radius 2 is 1.78 bits per heavy atom. The first-order valence-electron chi connectivity index (χ1n) is 8.06. The molecule has 2 aromatic carbocycles. The number of aryl methyl sites for hydroxylation is 1. The third-order valence-electron chi connectivity index (χ3n) is 4.35. The van der Waals surface area contributed by atoms with E-state index >= 15 is 0 Å². The monoisotopic (exact) mass is 328 g/mol. The second-order valence-corrected chi connectivity index (χ2v) is 6.21. The molecule has 4 heteroatoms. The number of carbonyl (C=O) groups excluding carboxylic acids is 1. The second-order valence-electron chi connectivity index (χ2n) is 5.77. The van der Waals surface area contributed by atoms with Crippen molar-refractivity contribution in [3.63, 3.8) is 0 Å². The van der Waals surface area contributed by atoms with Gasteiger partial charge in [0.1, 0.15) is 0 Å². The van der Waals surface area contributed by atoms with Crippen LogP contribution in [0.3, 0.4) is 0 Å². The summed E-state index contributed by atoms with van der Waals surface area (Å²) in [5.74, 6) is 0.0657. The van der Waals surface area contributed by atoms with Crippen molar-refractivity contribution in [3.8, 4) is 0 Å². The number of amides is 1. The topological polar surface area (TPSA) is 23.6 Å². The van der Waals surface area contributed by atoms with E-state index in [0.29, 0.717) is 10.6 Å². The lowest BCUT2D eigenvalue weighted by Crippen LogP contribution is -2.49. The number of para-hydroxylation sites is 1. The Morgan fingerprint density at radius 1 is 1.04 bits per heavy atom. The maximum atomic E-state index is 12.6. The molecule has 1 fully saturated rings. The third kappa shape index (κ3) is 3.50. The first kappa shape index (κ1) is 15.9. The van der Waals surface area contributed by atoms with Crippen LogP contribution in [-0.2, 0) is 6.42 Å². The van der Waals surface area contributed by atoms with Crippen LogP contribution in [-0.4, -0.2) is 37.0 Å². The minimum Gasteiger partial charge on any atom is -0.368 e. The lowest BCUT2D eigenvalue weighted by Gasteiger charge is -2.37. The van der Waals surface area contributed by atoms with Crippen LogP contribution in [0.2, 0.25) is 5.02 Å². The molecular formula is C19H21ClN2O. The van der Waals surface area contributed by atoms with Gasteiger partial charge in [-0.15, -0.1) is 0 Å². The molecule has 23 heavy (non-hydrogen) atoms. The highest BCUT2D eigenvalue weighted by atomic mass is 35.5. The molecule has 1 heterocycles. The van der Waals surface area contributed by atoms with Crippen molar-refractivity contribution in [1.29, 1.82) is 0 Å². The van der Waals surface area contributed by atoms with Crippen LogP contribution in [0.4, 0.5) is 5.69 Å². The van der Waals surface area contributed by atoms with E-state index in [9.17, 15) is 4.79 Å². The molecule has 0 atom stereocenters. The van der Waals surface area contributed by atoms with Gasteiger partial charge in [0, 0.05) is 42.5 Å². The maximum absolute atomic E-state index is 12.6. The summed E-state index contributed by atoms with van der Waals surface area (Å²) in [5, 5.41) is 0.603. The Morgan fingerprint density at radius 3 is 2.48 bits per heavy atom. The molecule has 0 aliphatic carbocycles. The molecule has 1 saturated heterocycles. The van der Waals surface area contributed by atoms with Crippen LogP contribution in [0, 0.1) is 0 Å². The van der Waals surface area contributed by atoms with E-state index < -0.39 is 0 Å². The third-order valence-corrected chi connectivity index (χ3v) is 4.59. The van der Waals surface area contributed by atoms with E-state index in [1.165, 1.54) is 11.3 Å². The first-order valence-corrected chi connectivity index (χ1v) is 8.44. The highest BCUT2D eigenvalue weighted by Crippen LogP contribution is 2.23. The number of halogens is 1. The summed E-state index contributed by atoms with van der Waals surface area (Å²) in [4.78, 5) is 16.9. The number of nitrogens with zero attached hydrogens (tertiary/aromatic N) is 2. The van der Waals surface area contributed by atoms with Crippen LogP contribution in [0.15, 0.2) is 48.5 Å². The van der Waals surface area contributed by atoms with Crippen LogP contribution in [0.5, 0.6) is 0 Å². The summed E-state index contributed by atoms with van der Waals surface area (Å²) in [5.41, 5.74) is 3.33. The fourth-order valence-corrected chi connectivity index (χ4v) is 3.26. The van der Waals surface area contributed by atoms with Crippen molar-refractivity contribution in [3.05, 3.63) is 64.7 Å². The van der Waals surface area contributed by atoms with Gasteiger partial charge in [-0.1, -0.05) is 42.8 Å². The summed E-state index contributed by atoms with van der Waals surface area (Å²) in [6.07, 6.45) is 1.03. The number of hydrogen-bond donors (Lipinski definition) is 0. The summed E-state index contributed by atoms with van der Waals surface area (Å²) in [6, 6.07) is 15.7. The predicted molar refractivity (Wildman–Crippen MR) is 95.4 cm³/mol. The zero-order chi connectivity index (χ0) is 16.2. The molecule has 0 saturated carbocycles. The average Bonchev–Trinajstić information content (AvgIpc) is 2.61. The van der Waals surface area contributed by atoms with Crippen molar-refractivity contribution >= 4 is 23.2 Å². The number of benzene rings is 2. The van der Waals surface area contributed by atoms with Crippen molar-refractivity contribution in [1.82, 2.24) is 4.90 Å². The van der Waals surface area contributed by atoms with Crippen molar-refractivity contribution in [2.24, 2.45) is 0 Å². The van der Waals surface area contributed by atoms with Gasteiger partial charge >= 0.3 is 0 Å². The number of rotatable bonds is 3. The zero-order valence-electron chi connectivity index (χ0n) is 13.3. The summed E-state index contributed by atoms with van der Waals surface area (Å²) in [6.45, 7) is 5.39. The molecule has 0 spiro atoms. The van der Waals surface area contributed by atoms with Gasteiger partial charge in [-0.2, -0.15) is 0 Å². The normalized spacial score (nSPS) is 14.9. The van der Waals surface area contributed by atoms with E-state index in [1.54, 1.807) is 12.1 Å². The second kappa shape index (κ2) is 7.05. The summed E-state index contributed by atoms with van der Waals surface area (Å²) >= 11 is 5.99. The fourth-order valence-electron chi connectivity index (χ4n) is 3.07. The Balaban J connectivity index is 1.67. The van der Waals surface area contributed by atoms with E-state index in [1.807, 2.05) is 17.0 Å². The maximum Gasteiger partial charge on any atom is 0.254 e. The number of hydrogen-bond acceptors (Lipinski definition) is 2. The summed E-state index contributed by atoms with van der Waals surface area (Å²) < 4.78 is 0. The Labute approximate surface area is 142 Å².